The molecule has 0 heterocycles. The van der Waals surface area contributed by atoms with Crippen LogP contribution in [0.2, 0.25) is 0 Å². The van der Waals surface area contributed by atoms with Crippen molar-refractivity contribution < 1.29 is 38.5 Å². The van der Waals surface area contributed by atoms with Gasteiger partial charge in [-0.3, -0.25) is 9.59 Å². The first kappa shape index (κ1) is 18.1. The minimum atomic E-state index is -1.04. The Labute approximate surface area is 131 Å². The van der Waals surface area contributed by atoms with Crippen molar-refractivity contribution in [2.45, 2.75) is 19.3 Å². The highest BCUT2D eigenvalue weighted by molar-refractivity contribution is 6.01. The smallest absolute Gasteiger partial charge is 0.341 e. The number of ether oxygens (including phenoxy) is 3. The first-order chi connectivity index (χ1) is 10.9. The fourth-order valence-electron chi connectivity index (χ4n) is 1.74. The molecule has 124 valence electrons. The van der Waals surface area contributed by atoms with Crippen LogP contribution in [0.1, 0.15) is 40.0 Å². The van der Waals surface area contributed by atoms with Gasteiger partial charge in [-0.1, -0.05) is 6.07 Å². The lowest BCUT2D eigenvalue weighted by molar-refractivity contribution is -0.137. The van der Waals surface area contributed by atoms with E-state index in [2.05, 4.69) is 9.47 Å². The third-order valence-electron chi connectivity index (χ3n) is 2.81. The van der Waals surface area contributed by atoms with Gasteiger partial charge in [0.15, 0.2) is 5.75 Å². The highest BCUT2D eigenvalue weighted by Crippen LogP contribution is 2.26. The maximum Gasteiger partial charge on any atom is 0.341 e. The van der Waals surface area contributed by atoms with Gasteiger partial charge in [-0.05, 0) is 18.6 Å². The molecule has 0 aliphatic carbocycles. The largest absolute Gasteiger partial charge is 0.481 e. The number of carboxylic acid groups (broad SMARTS) is 1. The molecule has 1 aromatic rings. The Hall–Kier alpha value is -2.90. The number of para-hydroxylation sites is 1. The van der Waals surface area contributed by atoms with E-state index in [0.29, 0.717) is 0 Å². The summed E-state index contributed by atoms with van der Waals surface area (Å²) in [6.45, 7) is 0. The van der Waals surface area contributed by atoms with Crippen molar-refractivity contribution in [3.05, 3.63) is 29.3 Å². The van der Waals surface area contributed by atoms with Gasteiger partial charge in [0, 0.05) is 12.8 Å². The van der Waals surface area contributed by atoms with E-state index in [1.165, 1.54) is 18.2 Å². The Morgan fingerprint density at radius 3 is 1.91 bits per heavy atom. The fraction of sp³-hybridized carbons (Fsp3) is 0.333. The number of rotatable bonds is 7. The third kappa shape index (κ3) is 5.10. The van der Waals surface area contributed by atoms with Crippen LogP contribution in [0.3, 0.4) is 0 Å². The summed E-state index contributed by atoms with van der Waals surface area (Å²) in [6, 6.07) is 4.08. The minimum Gasteiger partial charge on any atom is -0.481 e. The number of carbonyl (C=O) groups is 4. The van der Waals surface area contributed by atoms with E-state index in [4.69, 9.17) is 9.84 Å². The van der Waals surface area contributed by atoms with E-state index in [1.807, 2.05) is 0 Å². The molecule has 0 aliphatic rings. The molecule has 8 heteroatoms. The molecule has 0 aliphatic heterocycles. The molecule has 0 unspecified atom stereocenters. The van der Waals surface area contributed by atoms with E-state index in [0.717, 1.165) is 14.2 Å². The topological polar surface area (TPSA) is 116 Å². The Balaban J connectivity index is 3.05. The van der Waals surface area contributed by atoms with Crippen LogP contribution >= 0.6 is 0 Å². The normalized spacial score (nSPS) is 9.83. The second-order valence-electron chi connectivity index (χ2n) is 4.39. The zero-order valence-corrected chi connectivity index (χ0v) is 12.7. The van der Waals surface area contributed by atoms with Crippen molar-refractivity contribution in [3.8, 4) is 5.75 Å². The van der Waals surface area contributed by atoms with E-state index < -0.39 is 23.9 Å². The van der Waals surface area contributed by atoms with Crippen LogP contribution in [-0.4, -0.2) is 43.2 Å². The monoisotopic (exact) mass is 324 g/mol. The summed E-state index contributed by atoms with van der Waals surface area (Å²) in [5.41, 5.74) is -0.219. The highest BCUT2D eigenvalue weighted by Gasteiger charge is 2.23. The van der Waals surface area contributed by atoms with Gasteiger partial charge < -0.3 is 19.3 Å². The predicted molar refractivity (Wildman–Crippen MR) is 76.2 cm³/mol. The molecule has 1 rings (SSSR count). The number of esters is 3. The van der Waals surface area contributed by atoms with Crippen LogP contribution < -0.4 is 4.74 Å². The molecule has 0 saturated heterocycles. The number of hydrogen-bond acceptors (Lipinski definition) is 7. The standard InChI is InChI=1S/C15H16O8/c1-21-14(19)9-5-3-6-10(15(20)22-2)13(9)23-12(18)8-4-7-11(16)17/h3,5-6H,4,7-8H2,1-2H3,(H,16,17). The molecule has 8 nitrogen and oxygen atoms in total. The van der Waals surface area contributed by atoms with Crippen LogP contribution in [0, 0.1) is 0 Å². The van der Waals surface area contributed by atoms with E-state index in [9.17, 15) is 19.2 Å². The molecule has 0 radical (unpaired) electrons. The number of aliphatic carboxylic acids is 1. The van der Waals surface area contributed by atoms with Crippen molar-refractivity contribution in [3.63, 3.8) is 0 Å². The summed E-state index contributed by atoms with van der Waals surface area (Å²) in [6.07, 6.45) is -0.303. The first-order valence-electron chi connectivity index (χ1n) is 6.62. The summed E-state index contributed by atoms with van der Waals surface area (Å²) in [4.78, 5) is 45.7. The Morgan fingerprint density at radius 2 is 1.48 bits per heavy atom. The maximum absolute atomic E-state index is 11.8. The van der Waals surface area contributed by atoms with E-state index in [-0.39, 0.29) is 36.1 Å². The van der Waals surface area contributed by atoms with Crippen molar-refractivity contribution >= 4 is 23.9 Å². The summed E-state index contributed by atoms with van der Waals surface area (Å²) >= 11 is 0. The van der Waals surface area contributed by atoms with E-state index >= 15 is 0 Å². The first-order valence-corrected chi connectivity index (χ1v) is 6.62. The summed E-state index contributed by atoms with van der Waals surface area (Å²) in [7, 11) is 2.29. The second-order valence-corrected chi connectivity index (χ2v) is 4.39. The van der Waals surface area contributed by atoms with Gasteiger partial charge in [0.1, 0.15) is 11.1 Å². The van der Waals surface area contributed by atoms with Crippen LogP contribution in [0.15, 0.2) is 18.2 Å². The molecule has 0 amide bonds. The molecule has 0 saturated carbocycles. The number of hydrogen-bond donors (Lipinski definition) is 1. The molecule has 0 bridgehead atoms. The number of benzene rings is 1. The van der Waals surface area contributed by atoms with Crippen LogP contribution in [0.4, 0.5) is 0 Å². The van der Waals surface area contributed by atoms with Crippen molar-refractivity contribution in [1.82, 2.24) is 0 Å². The van der Waals surface area contributed by atoms with Crippen LogP contribution in [0.5, 0.6) is 5.75 Å². The van der Waals surface area contributed by atoms with Gasteiger partial charge in [-0.2, -0.15) is 0 Å². The van der Waals surface area contributed by atoms with Crippen molar-refractivity contribution in [1.29, 1.82) is 0 Å². The Bertz CT molecular complexity index is 586. The molecule has 0 fully saturated rings. The lowest BCUT2D eigenvalue weighted by Crippen LogP contribution is -2.16. The molecule has 0 atom stereocenters. The lowest BCUT2D eigenvalue weighted by atomic mass is 10.1. The Kier molecular flexibility index (Phi) is 6.72. The average Bonchev–Trinajstić information content (AvgIpc) is 2.53. The zero-order chi connectivity index (χ0) is 17.4. The molecule has 23 heavy (non-hydrogen) atoms. The quantitative estimate of drug-likeness (QED) is 0.591. The van der Waals surface area contributed by atoms with Crippen LogP contribution in [0.25, 0.3) is 0 Å². The molecular weight excluding hydrogens is 308 g/mol. The lowest BCUT2D eigenvalue weighted by Gasteiger charge is -2.12. The number of methoxy groups -OCH3 is 2. The van der Waals surface area contributed by atoms with Gasteiger partial charge in [-0.25, -0.2) is 9.59 Å². The number of carbonyl (C=O) groups excluding carboxylic acids is 3. The van der Waals surface area contributed by atoms with Gasteiger partial charge in [0.05, 0.1) is 14.2 Å². The number of carboxylic acids is 1. The zero-order valence-electron chi connectivity index (χ0n) is 12.7. The SMILES string of the molecule is COC(=O)c1cccc(C(=O)OC)c1OC(=O)CCCC(=O)O. The van der Waals surface area contributed by atoms with Gasteiger partial charge in [-0.15, -0.1) is 0 Å². The van der Waals surface area contributed by atoms with Gasteiger partial charge in [0.25, 0.3) is 0 Å². The predicted octanol–water partition coefficient (Wildman–Crippen LogP) is 1.42. The average molecular weight is 324 g/mol. The Morgan fingerprint density at radius 1 is 0.957 bits per heavy atom. The molecule has 0 spiro atoms. The summed E-state index contributed by atoms with van der Waals surface area (Å²) in [5, 5.41) is 8.54. The maximum atomic E-state index is 11.8. The van der Waals surface area contributed by atoms with Crippen molar-refractivity contribution in [2.24, 2.45) is 0 Å². The van der Waals surface area contributed by atoms with Crippen LogP contribution in [-0.2, 0) is 19.1 Å². The molecular formula is C15H16O8. The fourth-order valence-corrected chi connectivity index (χ4v) is 1.74. The molecule has 0 aromatic heterocycles. The molecule has 1 aromatic carbocycles. The summed E-state index contributed by atoms with van der Waals surface area (Å²) in [5.74, 6) is -3.66. The van der Waals surface area contributed by atoms with E-state index in [1.54, 1.807) is 0 Å². The highest BCUT2D eigenvalue weighted by atomic mass is 16.6. The molecule has 1 N–H and O–H groups in total. The summed E-state index contributed by atoms with van der Waals surface area (Å²) < 4.78 is 14.2. The minimum absolute atomic E-state index is 0.0715. The van der Waals surface area contributed by atoms with Gasteiger partial charge >= 0.3 is 23.9 Å². The van der Waals surface area contributed by atoms with Crippen molar-refractivity contribution in [2.75, 3.05) is 14.2 Å². The van der Waals surface area contributed by atoms with Gasteiger partial charge in [0.2, 0.25) is 0 Å². The second kappa shape index (κ2) is 8.52. The third-order valence-corrected chi connectivity index (χ3v) is 2.81.